The Morgan fingerprint density at radius 1 is 1.50 bits per heavy atom. The highest BCUT2D eigenvalue weighted by atomic mass is 16.5. The Morgan fingerprint density at radius 3 is 2.67 bits per heavy atom. The number of carbonyl (C=O) groups is 1. The molecule has 1 aromatic rings. The van der Waals surface area contributed by atoms with Gasteiger partial charge < -0.3 is 10.5 Å². The van der Waals surface area contributed by atoms with Gasteiger partial charge in [0.2, 0.25) is 0 Å². The fraction of sp³-hybridized carbons (Fsp3) is 0.667. The zero-order chi connectivity index (χ0) is 13.1. The van der Waals surface area contributed by atoms with E-state index in [1.54, 1.807) is 10.7 Å². The number of nitrogens with zero attached hydrogens (tertiary/aromatic N) is 3. The molecular weight excluding hydrogens is 232 g/mol. The number of ether oxygens (including phenoxy) is 1. The summed E-state index contributed by atoms with van der Waals surface area (Å²) in [5, 5.41) is 4.46. The van der Waals surface area contributed by atoms with Gasteiger partial charge in [-0.1, -0.05) is 0 Å². The fourth-order valence-electron chi connectivity index (χ4n) is 2.09. The van der Waals surface area contributed by atoms with Crippen LogP contribution in [-0.4, -0.2) is 46.9 Å². The summed E-state index contributed by atoms with van der Waals surface area (Å²) >= 11 is 0. The Bertz CT molecular complexity index is 422. The van der Waals surface area contributed by atoms with E-state index in [0.717, 1.165) is 38.5 Å². The molecule has 0 spiro atoms. The number of carbonyl (C=O) groups excluding carboxylic acids is 1. The summed E-state index contributed by atoms with van der Waals surface area (Å²) in [5.41, 5.74) is 6.73. The lowest BCUT2D eigenvalue weighted by atomic mass is 10.3. The van der Waals surface area contributed by atoms with Crippen molar-refractivity contribution in [2.75, 3.05) is 26.3 Å². The highest BCUT2D eigenvalue weighted by Gasteiger charge is 2.17. The number of hydrogen-bond donors (Lipinski definition) is 1. The lowest BCUT2D eigenvalue weighted by Crippen LogP contribution is -2.35. The van der Waals surface area contributed by atoms with Gasteiger partial charge in [0, 0.05) is 25.7 Å². The van der Waals surface area contributed by atoms with Gasteiger partial charge in [-0.25, -0.2) is 0 Å². The van der Waals surface area contributed by atoms with Gasteiger partial charge >= 0.3 is 0 Å². The van der Waals surface area contributed by atoms with Crippen LogP contribution in [0.5, 0.6) is 0 Å². The summed E-state index contributed by atoms with van der Waals surface area (Å²) in [6, 6.07) is 1.92. The van der Waals surface area contributed by atoms with Crippen LogP contribution in [0, 0.1) is 0 Å². The van der Waals surface area contributed by atoms with E-state index in [0.29, 0.717) is 5.69 Å². The molecule has 18 heavy (non-hydrogen) atoms. The Balaban J connectivity index is 2.13. The predicted molar refractivity (Wildman–Crippen MR) is 67.2 cm³/mol. The van der Waals surface area contributed by atoms with Crippen molar-refractivity contribution in [3.8, 4) is 0 Å². The maximum absolute atomic E-state index is 11.4. The summed E-state index contributed by atoms with van der Waals surface area (Å²) in [5.74, 6) is -0.426. The summed E-state index contributed by atoms with van der Waals surface area (Å²) in [6.07, 6.45) is 0. The van der Waals surface area contributed by atoms with Crippen LogP contribution in [0.25, 0.3) is 0 Å². The van der Waals surface area contributed by atoms with Crippen LogP contribution in [0.3, 0.4) is 0 Å². The third-order valence-electron chi connectivity index (χ3n) is 3.02. The molecule has 1 aliphatic heterocycles. The first kappa shape index (κ1) is 13.0. The Labute approximate surface area is 107 Å². The third kappa shape index (κ3) is 2.88. The number of morpholine rings is 1. The lowest BCUT2D eigenvalue weighted by Gasteiger charge is -2.25. The van der Waals surface area contributed by atoms with Crippen molar-refractivity contribution in [2.24, 2.45) is 5.73 Å². The topological polar surface area (TPSA) is 73.4 Å². The van der Waals surface area contributed by atoms with Gasteiger partial charge in [-0.2, -0.15) is 5.10 Å². The smallest absolute Gasteiger partial charge is 0.266 e. The number of hydrogen-bond acceptors (Lipinski definition) is 4. The van der Waals surface area contributed by atoms with E-state index in [1.807, 2.05) is 13.8 Å². The molecule has 100 valence electrons. The van der Waals surface area contributed by atoms with E-state index < -0.39 is 5.91 Å². The molecule has 0 bridgehead atoms. The van der Waals surface area contributed by atoms with Crippen molar-refractivity contribution in [1.29, 1.82) is 0 Å². The normalized spacial score (nSPS) is 17.3. The molecular formula is C12H20N4O2. The second-order valence-corrected chi connectivity index (χ2v) is 4.81. The summed E-state index contributed by atoms with van der Waals surface area (Å²) in [6.45, 7) is 8.03. The predicted octanol–water partition coefficient (Wildman–Crippen LogP) is 0.395. The van der Waals surface area contributed by atoms with Crippen molar-refractivity contribution < 1.29 is 9.53 Å². The van der Waals surface area contributed by atoms with Gasteiger partial charge in [0.05, 0.1) is 18.9 Å². The van der Waals surface area contributed by atoms with Crippen molar-refractivity contribution in [2.45, 2.75) is 26.4 Å². The molecule has 2 heterocycles. The van der Waals surface area contributed by atoms with Crippen LogP contribution in [0.15, 0.2) is 6.07 Å². The molecule has 0 aromatic carbocycles. The average Bonchev–Trinajstić information content (AvgIpc) is 2.74. The molecule has 1 aromatic heterocycles. The molecule has 1 aliphatic rings. The molecule has 0 atom stereocenters. The Hall–Kier alpha value is -1.40. The van der Waals surface area contributed by atoms with E-state index in [9.17, 15) is 4.79 Å². The van der Waals surface area contributed by atoms with Gasteiger partial charge in [0.1, 0.15) is 5.69 Å². The second kappa shape index (κ2) is 5.49. The minimum absolute atomic E-state index is 0.130. The second-order valence-electron chi connectivity index (χ2n) is 4.81. The van der Waals surface area contributed by atoms with Gasteiger partial charge in [-0.15, -0.1) is 0 Å². The summed E-state index contributed by atoms with van der Waals surface area (Å²) in [4.78, 5) is 13.6. The minimum atomic E-state index is -0.426. The van der Waals surface area contributed by atoms with Crippen LogP contribution in [-0.2, 0) is 11.3 Å². The molecule has 0 aliphatic carbocycles. The number of rotatable bonds is 4. The Morgan fingerprint density at radius 2 is 2.17 bits per heavy atom. The largest absolute Gasteiger partial charge is 0.379 e. The van der Waals surface area contributed by atoms with Gasteiger partial charge in [-0.3, -0.25) is 14.4 Å². The quantitative estimate of drug-likeness (QED) is 0.841. The molecule has 0 radical (unpaired) electrons. The molecule has 0 unspecified atom stereocenters. The van der Waals surface area contributed by atoms with Crippen LogP contribution < -0.4 is 5.73 Å². The first-order valence-corrected chi connectivity index (χ1v) is 6.26. The molecule has 6 nitrogen and oxygen atoms in total. The van der Waals surface area contributed by atoms with Gasteiger partial charge in [0.25, 0.3) is 5.91 Å². The fourth-order valence-corrected chi connectivity index (χ4v) is 2.09. The maximum Gasteiger partial charge on any atom is 0.266 e. The first-order valence-electron chi connectivity index (χ1n) is 6.26. The molecule has 1 amide bonds. The van der Waals surface area contributed by atoms with Crippen molar-refractivity contribution >= 4 is 5.91 Å². The molecule has 0 saturated carbocycles. The first-order chi connectivity index (χ1) is 8.58. The number of primary amides is 1. The van der Waals surface area contributed by atoms with E-state index in [2.05, 4.69) is 10.00 Å². The molecule has 1 saturated heterocycles. The van der Waals surface area contributed by atoms with Crippen LogP contribution >= 0.6 is 0 Å². The van der Waals surface area contributed by atoms with E-state index in [1.165, 1.54) is 0 Å². The zero-order valence-electron chi connectivity index (χ0n) is 10.9. The molecule has 1 fully saturated rings. The van der Waals surface area contributed by atoms with E-state index in [4.69, 9.17) is 10.5 Å². The average molecular weight is 252 g/mol. The van der Waals surface area contributed by atoms with Gasteiger partial charge in [-0.05, 0) is 19.9 Å². The van der Waals surface area contributed by atoms with Crippen LogP contribution in [0.2, 0.25) is 0 Å². The van der Waals surface area contributed by atoms with E-state index in [-0.39, 0.29) is 6.04 Å². The summed E-state index contributed by atoms with van der Waals surface area (Å²) in [7, 11) is 0. The van der Waals surface area contributed by atoms with Gasteiger partial charge in [0.15, 0.2) is 0 Å². The number of amides is 1. The SMILES string of the molecule is CC(C)n1nc(CN2CCOCC2)cc1C(N)=O. The number of nitrogens with two attached hydrogens (primary N) is 1. The van der Waals surface area contributed by atoms with Crippen LogP contribution in [0.1, 0.15) is 36.1 Å². The highest BCUT2D eigenvalue weighted by Crippen LogP contribution is 2.13. The van der Waals surface area contributed by atoms with Crippen molar-refractivity contribution in [3.63, 3.8) is 0 Å². The van der Waals surface area contributed by atoms with Crippen LogP contribution in [0.4, 0.5) is 0 Å². The summed E-state index contributed by atoms with van der Waals surface area (Å²) < 4.78 is 6.99. The minimum Gasteiger partial charge on any atom is -0.379 e. The van der Waals surface area contributed by atoms with Crippen molar-refractivity contribution in [1.82, 2.24) is 14.7 Å². The Kier molecular flexibility index (Phi) is 3.98. The van der Waals surface area contributed by atoms with Crippen molar-refractivity contribution in [3.05, 3.63) is 17.5 Å². The van der Waals surface area contributed by atoms with E-state index >= 15 is 0 Å². The molecule has 6 heteroatoms. The lowest BCUT2D eigenvalue weighted by molar-refractivity contribution is 0.0335. The standard InChI is InChI=1S/C12H20N4O2/c1-9(2)16-11(12(13)17)7-10(14-16)8-15-3-5-18-6-4-15/h7,9H,3-6,8H2,1-2H3,(H2,13,17). The maximum atomic E-state index is 11.4. The molecule has 2 rings (SSSR count). The number of aromatic nitrogens is 2. The molecule has 2 N–H and O–H groups in total. The zero-order valence-corrected chi connectivity index (χ0v) is 10.9. The highest BCUT2D eigenvalue weighted by molar-refractivity contribution is 5.91. The monoisotopic (exact) mass is 252 g/mol. The third-order valence-corrected chi connectivity index (χ3v) is 3.02.